The van der Waals surface area contributed by atoms with Crippen molar-refractivity contribution in [2.75, 3.05) is 25.0 Å². The Hall–Kier alpha value is -1.60. The van der Waals surface area contributed by atoms with Crippen LogP contribution in [0.3, 0.4) is 0 Å². The van der Waals surface area contributed by atoms with Gasteiger partial charge in [-0.1, -0.05) is 15.9 Å². The van der Waals surface area contributed by atoms with Crippen molar-refractivity contribution in [2.24, 2.45) is 0 Å². The molecule has 1 aromatic carbocycles. The molecule has 1 fully saturated rings. The SMILES string of the molecule is CC1CN(C(=O)Nc2ccc(Br)cc2C(=O)O)CCO1. The number of carboxylic acids is 1. The Kier molecular flexibility index (Phi) is 4.61. The van der Waals surface area contributed by atoms with E-state index in [0.717, 1.165) is 0 Å². The van der Waals surface area contributed by atoms with Crippen molar-refractivity contribution < 1.29 is 19.4 Å². The second-order valence-electron chi connectivity index (χ2n) is 4.55. The molecule has 1 saturated heterocycles. The van der Waals surface area contributed by atoms with Crippen LogP contribution in [0.4, 0.5) is 10.5 Å². The minimum atomic E-state index is -1.09. The molecule has 0 aromatic heterocycles. The molecule has 0 saturated carbocycles. The highest BCUT2D eigenvalue weighted by Gasteiger charge is 2.22. The van der Waals surface area contributed by atoms with Crippen LogP contribution in [0.25, 0.3) is 0 Å². The fraction of sp³-hybridized carbons (Fsp3) is 0.385. The van der Waals surface area contributed by atoms with Crippen molar-refractivity contribution in [3.05, 3.63) is 28.2 Å². The number of carboxylic acid groups (broad SMARTS) is 1. The summed E-state index contributed by atoms with van der Waals surface area (Å²) in [7, 11) is 0. The molecule has 1 atom stereocenters. The molecule has 108 valence electrons. The molecule has 2 amide bonds. The number of aromatic carboxylic acids is 1. The van der Waals surface area contributed by atoms with Gasteiger partial charge in [0.2, 0.25) is 0 Å². The van der Waals surface area contributed by atoms with Crippen LogP contribution >= 0.6 is 15.9 Å². The Bertz CT molecular complexity index is 535. The van der Waals surface area contributed by atoms with Crippen molar-refractivity contribution in [1.29, 1.82) is 0 Å². The summed E-state index contributed by atoms with van der Waals surface area (Å²) in [5.74, 6) is -1.09. The molecule has 1 aromatic rings. The van der Waals surface area contributed by atoms with Crippen molar-refractivity contribution in [2.45, 2.75) is 13.0 Å². The summed E-state index contributed by atoms with van der Waals surface area (Å²) in [5, 5.41) is 11.8. The molecule has 6 nitrogen and oxygen atoms in total. The lowest BCUT2D eigenvalue weighted by Crippen LogP contribution is -2.46. The molecule has 2 N–H and O–H groups in total. The summed E-state index contributed by atoms with van der Waals surface area (Å²) in [6.07, 6.45) is -0.0154. The summed E-state index contributed by atoms with van der Waals surface area (Å²) in [5.41, 5.74) is 0.332. The Balaban J connectivity index is 2.13. The maximum atomic E-state index is 12.1. The number of benzene rings is 1. The summed E-state index contributed by atoms with van der Waals surface area (Å²) in [4.78, 5) is 24.9. The van der Waals surface area contributed by atoms with Crippen molar-refractivity contribution in [3.8, 4) is 0 Å². The van der Waals surface area contributed by atoms with Crippen LogP contribution in [0.1, 0.15) is 17.3 Å². The van der Waals surface area contributed by atoms with Gasteiger partial charge in [-0.15, -0.1) is 0 Å². The predicted molar refractivity (Wildman–Crippen MR) is 77.1 cm³/mol. The van der Waals surface area contributed by atoms with E-state index in [9.17, 15) is 9.59 Å². The van der Waals surface area contributed by atoms with Crippen LogP contribution in [-0.4, -0.2) is 47.8 Å². The summed E-state index contributed by atoms with van der Waals surface area (Å²) >= 11 is 3.21. The van der Waals surface area contributed by atoms with Crippen molar-refractivity contribution >= 4 is 33.6 Å². The number of carbonyl (C=O) groups is 2. The average molecular weight is 343 g/mol. The highest BCUT2D eigenvalue weighted by Crippen LogP contribution is 2.21. The predicted octanol–water partition coefficient (Wildman–Crippen LogP) is 2.40. The number of rotatable bonds is 2. The van der Waals surface area contributed by atoms with E-state index in [2.05, 4.69) is 21.2 Å². The molecule has 1 heterocycles. The van der Waals surface area contributed by atoms with Gasteiger partial charge in [-0.3, -0.25) is 0 Å². The first-order valence-electron chi connectivity index (χ1n) is 6.17. The molecule has 2 rings (SSSR count). The monoisotopic (exact) mass is 342 g/mol. The van der Waals surface area contributed by atoms with Gasteiger partial charge in [0.15, 0.2) is 0 Å². The molecule has 0 radical (unpaired) electrons. The van der Waals surface area contributed by atoms with Gasteiger partial charge in [0.25, 0.3) is 0 Å². The maximum absolute atomic E-state index is 12.1. The first-order chi connectivity index (χ1) is 9.47. The number of ether oxygens (including phenoxy) is 1. The van der Waals surface area contributed by atoms with Gasteiger partial charge >= 0.3 is 12.0 Å². The van der Waals surface area contributed by atoms with E-state index >= 15 is 0 Å². The zero-order valence-electron chi connectivity index (χ0n) is 10.9. The van der Waals surface area contributed by atoms with Crippen LogP contribution < -0.4 is 5.32 Å². The van der Waals surface area contributed by atoms with Gasteiger partial charge in [0.1, 0.15) is 0 Å². The largest absolute Gasteiger partial charge is 0.478 e. The number of halogens is 1. The lowest BCUT2D eigenvalue weighted by atomic mass is 10.2. The zero-order chi connectivity index (χ0) is 14.7. The summed E-state index contributed by atoms with van der Waals surface area (Å²) in [6, 6.07) is 4.39. The van der Waals surface area contributed by atoms with E-state index in [4.69, 9.17) is 9.84 Å². The fourth-order valence-corrected chi connectivity index (χ4v) is 2.36. The van der Waals surface area contributed by atoms with Gasteiger partial charge in [0, 0.05) is 17.6 Å². The molecule has 0 spiro atoms. The Morgan fingerprint density at radius 2 is 2.25 bits per heavy atom. The number of urea groups is 1. The molecule has 20 heavy (non-hydrogen) atoms. The first-order valence-corrected chi connectivity index (χ1v) is 6.97. The van der Waals surface area contributed by atoms with Crippen molar-refractivity contribution in [1.82, 2.24) is 4.90 Å². The molecular weight excluding hydrogens is 328 g/mol. The number of amides is 2. The van der Waals surface area contributed by atoms with Gasteiger partial charge < -0.3 is 20.1 Å². The third kappa shape index (κ3) is 3.49. The second kappa shape index (κ2) is 6.23. The minimum absolute atomic E-state index is 0.0154. The van der Waals surface area contributed by atoms with Crippen LogP contribution in [0.5, 0.6) is 0 Å². The standard InChI is InChI=1S/C13H15BrN2O4/c1-8-7-16(4-5-20-8)13(19)15-11-3-2-9(14)6-10(11)12(17)18/h2-3,6,8H,4-5,7H2,1H3,(H,15,19)(H,17,18). The molecule has 7 heteroatoms. The first kappa shape index (κ1) is 14.8. The number of hydrogen-bond acceptors (Lipinski definition) is 3. The van der Waals surface area contributed by atoms with E-state index < -0.39 is 5.97 Å². The number of anilines is 1. The van der Waals surface area contributed by atoms with Gasteiger partial charge in [-0.05, 0) is 25.1 Å². The van der Waals surface area contributed by atoms with Gasteiger partial charge in [-0.25, -0.2) is 9.59 Å². The topological polar surface area (TPSA) is 78.9 Å². The Morgan fingerprint density at radius 3 is 2.90 bits per heavy atom. The molecular formula is C13H15BrN2O4. The van der Waals surface area contributed by atoms with Gasteiger partial charge in [-0.2, -0.15) is 0 Å². The third-order valence-corrected chi connectivity index (χ3v) is 3.48. The number of morpholine rings is 1. The average Bonchev–Trinajstić information content (AvgIpc) is 2.40. The number of carbonyl (C=O) groups excluding carboxylic acids is 1. The quantitative estimate of drug-likeness (QED) is 0.864. The number of nitrogens with zero attached hydrogens (tertiary/aromatic N) is 1. The second-order valence-corrected chi connectivity index (χ2v) is 5.47. The molecule has 0 aliphatic carbocycles. The van der Waals surface area contributed by atoms with E-state index in [0.29, 0.717) is 24.2 Å². The zero-order valence-corrected chi connectivity index (χ0v) is 12.5. The third-order valence-electron chi connectivity index (χ3n) is 2.98. The summed E-state index contributed by atoms with van der Waals surface area (Å²) in [6.45, 7) is 3.36. The maximum Gasteiger partial charge on any atom is 0.337 e. The lowest BCUT2D eigenvalue weighted by molar-refractivity contribution is -0.00139. The molecule has 1 aliphatic heterocycles. The van der Waals surface area contributed by atoms with E-state index in [1.165, 1.54) is 6.07 Å². The fourth-order valence-electron chi connectivity index (χ4n) is 2.00. The van der Waals surface area contributed by atoms with Gasteiger partial charge in [0.05, 0.1) is 24.0 Å². The Morgan fingerprint density at radius 1 is 1.50 bits per heavy atom. The van der Waals surface area contributed by atoms with Crippen LogP contribution in [-0.2, 0) is 4.74 Å². The number of hydrogen-bond donors (Lipinski definition) is 2. The smallest absolute Gasteiger partial charge is 0.337 e. The molecule has 1 unspecified atom stereocenters. The highest BCUT2D eigenvalue weighted by molar-refractivity contribution is 9.10. The van der Waals surface area contributed by atoms with Crippen LogP contribution in [0, 0.1) is 0 Å². The van der Waals surface area contributed by atoms with Crippen molar-refractivity contribution in [3.63, 3.8) is 0 Å². The minimum Gasteiger partial charge on any atom is -0.478 e. The summed E-state index contributed by atoms with van der Waals surface area (Å²) < 4.78 is 6.01. The van der Waals surface area contributed by atoms with Crippen LogP contribution in [0.2, 0.25) is 0 Å². The highest BCUT2D eigenvalue weighted by atomic mass is 79.9. The Labute approximate surface area is 124 Å². The van der Waals surface area contributed by atoms with E-state index in [1.54, 1.807) is 17.0 Å². The molecule has 0 bridgehead atoms. The van der Waals surface area contributed by atoms with E-state index in [1.807, 2.05) is 6.92 Å². The normalized spacial score (nSPS) is 18.7. The van der Waals surface area contributed by atoms with E-state index in [-0.39, 0.29) is 23.4 Å². The van der Waals surface area contributed by atoms with Crippen LogP contribution in [0.15, 0.2) is 22.7 Å². The number of nitrogens with one attached hydrogen (secondary N) is 1. The molecule has 1 aliphatic rings. The lowest BCUT2D eigenvalue weighted by Gasteiger charge is -2.31.